The van der Waals surface area contributed by atoms with Crippen LogP contribution < -0.4 is 5.73 Å². The number of benzene rings is 1. The highest BCUT2D eigenvalue weighted by Crippen LogP contribution is 2.25. The third kappa shape index (κ3) is 2.95. The normalized spacial score (nSPS) is 12.2. The summed E-state index contributed by atoms with van der Waals surface area (Å²) in [6.07, 6.45) is -4.96. The van der Waals surface area contributed by atoms with Crippen LogP contribution in [0, 0.1) is 0 Å². The maximum Gasteiger partial charge on any atom is 0.389 e. The van der Waals surface area contributed by atoms with Crippen LogP contribution in [0.3, 0.4) is 0 Å². The highest BCUT2D eigenvalue weighted by Gasteiger charge is 2.26. The monoisotopic (exact) mass is 321 g/mol. The Labute approximate surface area is 110 Å². The van der Waals surface area contributed by atoms with Gasteiger partial charge in [0.05, 0.1) is 11.0 Å². The summed E-state index contributed by atoms with van der Waals surface area (Å²) in [7, 11) is 0. The first-order valence-corrected chi connectivity index (χ1v) is 6.14. The molecule has 0 aliphatic carbocycles. The van der Waals surface area contributed by atoms with Crippen LogP contribution in [0.1, 0.15) is 12.8 Å². The minimum Gasteiger partial charge on any atom is -0.369 e. The maximum atomic E-state index is 12.1. The molecule has 0 saturated carbocycles. The molecular formula is C11H11BrF3N3. The average Bonchev–Trinajstić information content (AvgIpc) is 2.54. The van der Waals surface area contributed by atoms with Crippen molar-refractivity contribution in [1.29, 1.82) is 0 Å². The van der Waals surface area contributed by atoms with Crippen LogP contribution in [0.15, 0.2) is 22.7 Å². The number of aromatic nitrogens is 2. The fourth-order valence-electron chi connectivity index (χ4n) is 1.79. The van der Waals surface area contributed by atoms with Gasteiger partial charge in [-0.2, -0.15) is 13.2 Å². The molecule has 7 heteroatoms. The third-order valence-electron chi connectivity index (χ3n) is 2.58. The first kappa shape index (κ1) is 13.2. The number of hydrogen-bond donors (Lipinski definition) is 1. The zero-order valence-corrected chi connectivity index (χ0v) is 10.9. The largest absolute Gasteiger partial charge is 0.389 e. The SMILES string of the molecule is Nc1nc2ccc(Br)cc2n1CCCC(F)(F)F. The number of nitrogen functional groups attached to an aromatic ring is 1. The molecule has 0 aliphatic rings. The second-order valence-electron chi connectivity index (χ2n) is 3.97. The minimum atomic E-state index is -4.13. The van der Waals surface area contributed by atoms with Crippen molar-refractivity contribution in [2.45, 2.75) is 25.6 Å². The molecule has 0 atom stereocenters. The minimum absolute atomic E-state index is 0.00826. The summed E-state index contributed by atoms with van der Waals surface area (Å²) in [4.78, 5) is 4.11. The van der Waals surface area contributed by atoms with E-state index in [-0.39, 0.29) is 18.9 Å². The Kier molecular flexibility index (Phi) is 3.52. The molecule has 2 rings (SSSR count). The molecule has 2 aromatic rings. The van der Waals surface area contributed by atoms with Gasteiger partial charge < -0.3 is 10.3 Å². The lowest BCUT2D eigenvalue weighted by molar-refractivity contribution is -0.135. The molecule has 0 amide bonds. The summed E-state index contributed by atoms with van der Waals surface area (Å²) in [6, 6.07) is 5.39. The molecule has 18 heavy (non-hydrogen) atoms. The van der Waals surface area contributed by atoms with E-state index in [1.165, 1.54) is 0 Å². The zero-order chi connectivity index (χ0) is 13.3. The third-order valence-corrected chi connectivity index (χ3v) is 3.08. The van der Waals surface area contributed by atoms with E-state index in [0.29, 0.717) is 5.52 Å². The Morgan fingerprint density at radius 3 is 2.72 bits per heavy atom. The van der Waals surface area contributed by atoms with E-state index in [9.17, 15) is 13.2 Å². The second-order valence-corrected chi connectivity index (χ2v) is 4.89. The molecule has 1 heterocycles. The number of fused-ring (bicyclic) bond motifs is 1. The quantitative estimate of drug-likeness (QED) is 0.936. The van der Waals surface area contributed by atoms with Gasteiger partial charge in [-0.1, -0.05) is 15.9 Å². The number of alkyl halides is 3. The molecule has 1 aromatic carbocycles. The van der Waals surface area contributed by atoms with Crippen molar-refractivity contribution in [2.75, 3.05) is 5.73 Å². The predicted molar refractivity (Wildman–Crippen MR) is 67.1 cm³/mol. The van der Waals surface area contributed by atoms with Crippen molar-refractivity contribution in [2.24, 2.45) is 0 Å². The van der Waals surface area contributed by atoms with Gasteiger partial charge in [0.2, 0.25) is 5.95 Å². The fourth-order valence-corrected chi connectivity index (χ4v) is 2.14. The van der Waals surface area contributed by atoms with Crippen LogP contribution in [0.4, 0.5) is 19.1 Å². The molecule has 3 nitrogen and oxygen atoms in total. The Morgan fingerprint density at radius 2 is 2.06 bits per heavy atom. The molecule has 1 aromatic heterocycles. The highest BCUT2D eigenvalue weighted by molar-refractivity contribution is 9.10. The number of hydrogen-bond acceptors (Lipinski definition) is 2. The van der Waals surface area contributed by atoms with E-state index in [1.54, 1.807) is 16.7 Å². The molecule has 98 valence electrons. The number of aryl methyl sites for hydroxylation is 1. The standard InChI is InChI=1S/C11H11BrF3N3/c12-7-2-3-8-9(6-7)18(10(16)17-8)5-1-4-11(13,14)15/h2-3,6H,1,4-5H2,(H2,16,17). The van der Waals surface area contributed by atoms with Crippen LogP contribution in [0.2, 0.25) is 0 Å². The van der Waals surface area contributed by atoms with E-state index in [0.717, 1.165) is 9.99 Å². The van der Waals surface area contributed by atoms with Crippen molar-refractivity contribution in [3.05, 3.63) is 22.7 Å². The zero-order valence-electron chi connectivity index (χ0n) is 9.34. The first-order chi connectivity index (χ1) is 8.37. The van der Waals surface area contributed by atoms with Gasteiger partial charge in [0.25, 0.3) is 0 Å². The van der Waals surface area contributed by atoms with E-state index in [2.05, 4.69) is 20.9 Å². The lowest BCUT2D eigenvalue weighted by atomic mass is 10.3. The lowest BCUT2D eigenvalue weighted by Gasteiger charge is -2.08. The van der Waals surface area contributed by atoms with Crippen LogP contribution in [-0.4, -0.2) is 15.7 Å². The molecule has 0 unspecified atom stereocenters. The van der Waals surface area contributed by atoms with Crippen LogP contribution in [0.5, 0.6) is 0 Å². The van der Waals surface area contributed by atoms with Gasteiger partial charge >= 0.3 is 6.18 Å². The average molecular weight is 322 g/mol. The molecule has 0 bridgehead atoms. The highest BCUT2D eigenvalue weighted by atomic mass is 79.9. The number of anilines is 1. The summed E-state index contributed by atoms with van der Waals surface area (Å²) in [5.41, 5.74) is 7.13. The molecule has 0 radical (unpaired) electrons. The second kappa shape index (κ2) is 4.79. The van der Waals surface area contributed by atoms with Crippen molar-refractivity contribution in [1.82, 2.24) is 9.55 Å². The van der Waals surface area contributed by atoms with Gasteiger partial charge in [-0.25, -0.2) is 4.98 Å². The van der Waals surface area contributed by atoms with Crippen molar-refractivity contribution in [3.8, 4) is 0 Å². The molecule has 0 fully saturated rings. The molecule has 0 spiro atoms. The molecular weight excluding hydrogens is 311 g/mol. The maximum absolute atomic E-state index is 12.1. The van der Waals surface area contributed by atoms with Crippen molar-refractivity contribution < 1.29 is 13.2 Å². The van der Waals surface area contributed by atoms with Crippen molar-refractivity contribution >= 4 is 32.9 Å². The Morgan fingerprint density at radius 1 is 1.33 bits per heavy atom. The number of rotatable bonds is 3. The molecule has 0 aliphatic heterocycles. The Bertz CT molecular complexity index is 562. The van der Waals surface area contributed by atoms with Gasteiger partial charge in [-0.3, -0.25) is 0 Å². The first-order valence-electron chi connectivity index (χ1n) is 5.35. The number of nitrogens with zero attached hydrogens (tertiary/aromatic N) is 2. The van der Waals surface area contributed by atoms with Gasteiger partial charge in [-0.05, 0) is 24.6 Å². The van der Waals surface area contributed by atoms with Crippen LogP contribution in [-0.2, 0) is 6.54 Å². The summed E-state index contributed by atoms with van der Waals surface area (Å²) in [6.45, 7) is 0.207. The summed E-state index contributed by atoms with van der Waals surface area (Å²) >= 11 is 3.31. The van der Waals surface area contributed by atoms with E-state index in [1.807, 2.05) is 6.07 Å². The lowest BCUT2D eigenvalue weighted by Crippen LogP contribution is -2.10. The topological polar surface area (TPSA) is 43.8 Å². The Hall–Kier alpha value is -1.24. The smallest absolute Gasteiger partial charge is 0.369 e. The summed E-state index contributed by atoms with van der Waals surface area (Å²) in [5.74, 6) is 0.241. The van der Waals surface area contributed by atoms with E-state index >= 15 is 0 Å². The number of nitrogens with two attached hydrogens (primary N) is 1. The van der Waals surface area contributed by atoms with Crippen molar-refractivity contribution in [3.63, 3.8) is 0 Å². The van der Waals surface area contributed by atoms with E-state index < -0.39 is 12.6 Å². The molecule has 2 N–H and O–H groups in total. The number of halogens is 4. The molecule has 0 saturated heterocycles. The summed E-state index contributed by atoms with van der Waals surface area (Å²) in [5, 5.41) is 0. The van der Waals surface area contributed by atoms with E-state index in [4.69, 9.17) is 5.73 Å². The van der Waals surface area contributed by atoms with Gasteiger partial charge in [0, 0.05) is 17.4 Å². The van der Waals surface area contributed by atoms with Crippen LogP contribution in [0.25, 0.3) is 11.0 Å². The van der Waals surface area contributed by atoms with Gasteiger partial charge in [-0.15, -0.1) is 0 Å². The summed E-state index contributed by atoms with van der Waals surface area (Å²) < 4.78 is 38.7. The van der Waals surface area contributed by atoms with Gasteiger partial charge in [0.1, 0.15) is 0 Å². The number of imidazole rings is 1. The Balaban J connectivity index is 2.22. The predicted octanol–water partition coefficient (Wildman–Crippen LogP) is 3.72. The van der Waals surface area contributed by atoms with Gasteiger partial charge in [0.15, 0.2) is 0 Å². The fraction of sp³-hybridized carbons (Fsp3) is 0.364. The van der Waals surface area contributed by atoms with Crippen LogP contribution >= 0.6 is 15.9 Å².